The van der Waals surface area contributed by atoms with Crippen molar-refractivity contribution in [2.45, 2.75) is 13.8 Å². The van der Waals surface area contributed by atoms with Crippen LogP contribution in [-0.2, 0) is 0 Å². The number of anilines is 2. The van der Waals surface area contributed by atoms with Gasteiger partial charge in [-0.3, -0.25) is 10.8 Å². The maximum Gasteiger partial charge on any atom is 0.201 e. The molecule has 7 heteroatoms. The number of nitrogens with one attached hydrogen (secondary N) is 2. The summed E-state index contributed by atoms with van der Waals surface area (Å²) in [5, 5.41) is 20.2. The number of hydrogen-bond donors (Lipinski definition) is 3. The van der Waals surface area contributed by atoms with Crippen LogP contribution in [0.3, 0.4) is 0 Å². The molecule has 20 heavy (non-hydrogen) atoms. The van der Waals surface area contributed by atoms with E-state index in [1.54, 1.807) is 18.2 Å². The standard InChI is InChI=1S/C13H17ClN6/c1-3-20(4-2)12-6-5-9(7-10(12)14)18-19-11(8-15)13(16)17/h5-7,18H,3-4H2,1-2H3,(H3,16,17)/b19-11+. The van der Waals surface area contributed by atoms with Crippen molar-refractivity contribution in [1.29, 1.82) is 10.7 Å². The fraction of sp³-hybridized carbons (Fsp3) is 0.308. The SMILES string of the molecule is CCN(CC)c1ccc(N/N=C(\C#N)C(=N)N)cc1Cl. The van der Waals surface area contributed by atoms with Gasteiger partial charge in [0.15, 0.2) is 5.84 Å². The van der Waals surface area contributed by atoms with Crippen molar-refractivity contribution in [1.82, 2.24) is 0 Å². The number of nitrogens with two attached hydrogens (primary N) is 1. The Bertz CT molecular complexity index is 556. The van der Waals surface area contributed by atoms with Crippen LogP contribution in [0.1, 0.15) is 13.8 Å². The molecular formula is C13H17ClN6. The summed E-state index contributed by atoms with van der Waals surface area (Å²) >= 11 is 6.23. The number of amidine groups is 1. The summed E-state index contributed by atoms with van der Waals surface area (Å²) in [6.45, 7) is 5.85. The molecule has 0 spiro atoms. The monoisotopic (exact) mass is 292 g/mol. The Balaban J connectivity index is 2.94. The Hall–Kier alpha value is -2.26. The van der Waals surface area contributed by atoms with Gasteiger partial charge in [0.25, 0.3) is 0 Å². The molecule has 0 amide bonds. The van der Waals surface area contributed by atoms with Gasteiger partial charge in [0, 0.05) is 13.1 Å². The van der Waals surface area contributed by atoms with Crippen LogP contribution in [0.15, 0.2) is 23.3 Å². The minimum atomic E-state index is -0.383. The van der Waals surface area contributed by atoms with Gasteiger partial charge in [0.2, 0.25) is 5.71 Å². The van der Waals surface area contributed by atoms with Crippen molar-refractivity contribution in [3.63, 3.8) is 0 Å². The third kappa shape index (κ3) is 3.87. The zero-order valence-corrected chi connectivity index (χ0v) is 12.2. The van der Waals surface area contributed by atoms with Gasteiger partial charge in [0.05, 0.1) is 16.4 Å². The van der Waals surface area contributed by atoms with Crippen molar-refractivity contribution in [3.8, 4) is 6.07 Å². The summed E-state index contributed by atoms with van der Waals surface area (Å²) in [5.74, 6) is -0.383. The van der Waals surface area contributed by atoms with Gasteiger partial charge < -0.3 is 10.6 Å². The fourth-order valence-electron chi connectivity index (χ4n) is 1.66. The summed E-state index contributed by atoms with van der Waals surface area (Å²) in [4.78, 5) is 2.13. The average Bonchev–Trinajstić information content (AvgIpc) is 2.42. The minimum absolute atomic E-state index is 0.172. The molecule has 0 aliphatic heterocycles. The Kier molecular flexibility index (Phi) is 5.81. The molecular weight excluding hydrogens is 276 g/mol. The van der Waals surface area contributed by atoms with Crippen LogP contribution >= 0.6 is 11.6 Å². The number of hydrazone groups is 1. The van der Waals surface area contributed by atoms with Gasteiger partial charge >= 0.3 is 0 Å². The summed E-state index contributed by atoms with van der Waals surface area (Å²) in [6, 6.07) is 7.13. The number of nitriles is 1. The normalized spacial score (nSPS) is 10.8. The van der Waals surface area contributed by atoms with Crippen LogP contribution in [0.25, 0.3) is 0 Å². The Labute approximate surface area is 123 Å². The molecule has 1 rings (SSSR count). The Morgan fingerprint density at radius 2 is 2.15 bits per heavy atom. The van der Waals surface area contributed by atoms with E-state index in [-0.39, 0.29) is 11.5 Å². The van der Waals surface area contributed by atoms with E-state index in [2.05, 4.69) is 29.3 Å². The van der Waals surface area contributed by atoms with Gasteiger partial charge in [0.1, 0.15) is 6.07 Å². The molecule has 0 unspecified atom stereocenters. The van der Waals surface area contributed by atoms with Crippen LogP contribution < -0.4 is 16.1 Å². The highest BCUT2D eigenvalue weighted by Gasteiger charge is 2.08. The number of benzene rings is 1. The predicted molar refractivity (Wildman–Crippen MR) is 83.6 cm³/mol. The minimum Gasteiger partial charge on any atom is -0.382 e. The molecule has 106 valence electrons. The average molecular weight is 293 g/mol. The largest absolute Gasteiger partial charge is 0.382 e. The fourth-order valence-corrected chi connectivity index (χ4v) is 1.96. The third-order valence-corrected chi connectivity index (χ3v) is 3.01. The molecule has 0 bridgehead atoms. The van der Waals surface area contributed by atoms with E-state index in [1.807, 2.05) is 6.07 Å². The predicted octanol–water partition coefficient (Wildman–Crippen LogP) is 2.41. The quantitative estimate of drug-likeness (QED) is 0.426. The summed E-state index contributed by atoms with van der Waals surface area (Å²) < 4.78 is 0. The summed E-state index contributed by atoms with van der Waals surface area (Å²) in [5.41, 5.74) is 9.26. The molecule has 0 saturated carbocycles. The number of nitrogens with zero attached hydrogens (tertiary/aromatic N) is 3. The van der Waals surface area contributed by atoms with Crippen molar-refractivity contribution < 1.29 is 0 Å². The van der Waals surface area contributed by atoms with Crippen LogP contribution in [0, 0.1) is 16.7 Å². The van der Waals surface area contributed by atoms with Crippen molar-refractivity contribution in [2.24, 2.45) is 10.8 Å². The van der Waals surface area contributed by atoms with E-state index >= 15 is 0 Å². The van der Waals surface area contributed by atoms with E-state index in [0.717, 1.165) is 18.8 Å². The van der Waals surface area contributed by atoms with Crippen LogP contribution in [0.5, 0.6) is 0 Å². The molecule has 0 aliphatic rings. The molecule has 0 radical (unpaired) electrons. The zero-order chi connectivity index (χ0) is 15.1. The van der Waals surface area contributed by atoms with Gasteiger partial charge in [-0.1, -0.05) is 11.6 Å². The Morgan fingerprint density at radius 1 is 1.50 bits per heavy atom. The topological polar surface area (TPSA) is 101 Å². The molecule has 0 fully saturated rings. The maximum absolute atomic E-state index is 8.74. The van der Waals surface area contributed by atoms with Crippen molar-refractivity contribution in [3.05, 3.63) is 23.2 Å². The van der Waals surface area contributed by atoms with E-state index in [4.69, 9.17) is 28.0 Å². The van der Waals surface area contributed by atoms with E-state index in [1.165, 1.54) is 0 Å². The first-order valence-corrected chi connectivity index (χ1v) is 6.53. The first-order valence-electron chi connectivity index (χ1n) is 6.16. The van der Waals surface area contributed by atoms with E-state index in [9.17, 15) is 0 Å². The van der Waals surface area contributed by atoms with Gasteiger partial charge in [-0.05, 0) is 32.0 Å². The second-order valence-corrected chi connectivity index (χ2v) is 4.34. The molecule has 1 aromatic carbocycles. The molecule has 0 saturated heterocycles. The van der Waals surface area contributed by atoms with Crippen molar-refractivity contribution in [2.75, 3.05) is 23.4 Å². The zero-order valence-electron chi connectivity index (χ0n) is 11.4. The lowest BCUT2D eigenvalue weighted by molar-refractivity contribution is 0.866. The van der Waals surface area contributed by atoms with Gasteiger partial charge in [-0.15, -0.1) is 0 Å². The van der Waals surface area contributed by atoms with Gasteiger partial charge in [-0.2, -0.15) is 10.4 Å². The molecule has 0 heterocycles. The number of halogens is 1. The van der Waals surface area contributed by atoms with Crippen LogP contribution in [-0.4, -0.2) is 24.6 Å². The van der Waals surface area contributed by atoms with E-state index in [0.29, 0.717) is 10.7 Å². The number of rotatable bonds is 6. The lowest BCUT2D eigenvalue weighted by atomic mass is 10.2. The first-order chi connectivity index (χ1) is 9.53. The van der Waals surface area contributed by atoms with Crippen LogP contribution in [0.4, 0.5) is 11.4 Å². The van der Waals surface area contributed by atoms with Gasteiger partial charge in [-0.25, -0.2) is 0 Å². The lowest BCUT2D eigenvalue weighted by Gasteiger charge is -2.22. The first kappa shape index (κ1) is 15.8. The summed E-state index contributed by atoms with van der Waals surface area (Å²) in [6.07, 6.45) is 0. The maximum atomic E-state index is 8.74. The highest BCUT2D eigenvalue weighted by molar-refractivity contribution is 6.45. The second kappa shape index (κ2) is 7.36. The van der Waals surface area contributed by atoms with Crippen molar-refractivity contribution >= 4 is 34.5 Å². The Morgan fingerprint density at radius 3 is 2.60 bits per heavy atom. The molecule has 1 aromatic rings. The van der Waals surface area contributed by atoms with E-state index < -0.39 is 0 Å². The molecule has 0 aromatic heterocycles. The second-order valence-electron chi connectivity index (χ2n) is 3.94. The van der Waals surface area contributed by atoms with Crippen LogP contribution in [0.2, 0.25) is 5.02 Å². The molecule has 6 nitrogen and oxygen atoms in total. The summed E-state index contributed by atoms with van der Waals surface area (Å²) in [7, 11) is 0. The molecule has 0 aliphatic carbocycles. The number of hydrogen-bond acceptors (Lipinski definition) is 5. The highest BCUT2D eigenvalue weighted by atomic mass is 35.5. The molecule has 0 atom stereocenters. The molecule has 4 N–H and O–H groups in total. The smallest absolute Gasteiger partial charge is 0.201 e. The third-order valence-electron chi connectivity index (χ3n) is 2.71. The highest BCUT2D eigenvalue weighted by Crippen LogP contribution is 2.28. The lowest BCUT2D eigenvalue weighted by Crippen LogP contribution is -2.22.